The van der Waals surface area contributed by atoms with Crippen molar-refractivity contribution in [3.05, 3.63) is 54.6 Å². The number of rotatable bonds is 7. The molecule has 0 saturated carbocycles. The van der Waals surface area contributed by atoms with Gasteiger partial charge in [0.25, 0.3) is 0 Å². The van der Waals surface area contributed by atoms with Crippen molar-refractivity contribution in [3.63, 3.8) is 0 Å². The van der Waals surface area contributed by atoms with Crippen LogP contribution in [0.3, 0.4) is 0 Å². The molecule has 174 valence electrons. The summed E-state index contributed by atoms with van der Waals surface area (Å²) in [6, 6.07) is 14.1. The van der Waals surface area contributed by atoms with E-state index in [-0.39, 0.29) is 17.1 Å². The Morgan fingerprint density at radius 3 is 2.09 bits per heavy atom. The van der Waals surface area contributed by atoms with Gasteiger partial charge in [0.2, 0.25) is 0 Å². The molecule has 0 aromatic heterocycles. The van der Waals surface area contributed by atoms with E-state index < -0.39 is 33.7 Å². The highest BCUT2D eigenvalue weighted by molar-refractivity contribution is 7.91. The van der Waals surface area contributed by atoms with E-state index in [0.29, 0.717) is 16.6 Å². The predicted octanol–water partition coefficient (Wildman–Crippen LogP) is 4.88. The predicted molar refractivity (Wildman–Crippen MR) is 116 cm³/mol. The summed E-state index contributed by atoms with van der Waals surface area (Å²) in [6.45, 7) is 6.24. The molecule has 1 N–H and O–H groups in total. The van der Waals surface area contributed by atoms with Crippen molar-refractivity contribution in [1.82, 2.24) is 5.06 Å². The van der Waals surface area contributed by atoms with Crippen LogP contribution in [-0.2, 0) is 19.4 Å². The van der Waals surface area contributed by atoms with Crippen molar-refractivity contribution < 1.29 is 37.4 Å². The third-order valence-corrected chi connectivity index (χ3v) is 5.88. The minimum Gasteiger partial charge on any atom is -0.463 e. The van der Waals surface area contributed by atoms with Gasteiger partial charge in [-0.05, 0) is 70.5 Å². The van der Waals surface area contributed by atoms with Gasteiger partial charge in [-0.2, -0.15) is 0 Å². The minimum atomic E-state index is -3.71. The molecular weight excluding hydrogens is 438 g/mol. The average molecular weight is 466 g/mol. The Balaban J connectivity index is 1.99. The van der Waals surface area contributed by atoms with Crippen molar-refractivity contribution >= 4 is 22.1 Å². The molecule has 0 fully saturated rings. The second-order valence-corrected chi connectivity index (χ2v) is 10.1. The van der Waals surface area contributed by atoms with Crippen molar-refractivity contribution in [1.29, 1.82) is 0 Å². The summed E-state index contributed by atoms with van der Waals surface area (Å²) in [6.07, 6.45) is -2.83. The molecule has 0 saturated heterocycles. The van der Waals surface area contributed by atoms with Crippen molar-refractivity contribution in [3.8, 4) is 11.5 Å². The lowest BCUT2D eigenvalue weighted by atomic mass is 10.2. The molecule has 0 bridgehead atoms. The van der Waals surface area contributed by atoms with E-state index in [1.165, 1.54) is 19.1 Å². The highest BCUT2D eigenvalue weighted by Gasteiger charge is 2.29. The Morgan fingerprint density at radius 2 is 1.56 bits per heavy atom. The number of sulfone groups is 1. The third kappa shape index (κ3) is 7.77. The average Bonchev–Trinajstić information content (AvgIpc) is 2.70. The largest absolute Gasteiger partial charge is 0.534 e. The highest BCUT2D eigenvalue weighted by atomic mass is 32.2. The zero-order valence-electron chi connectivity index (χ0n) is 18.3. The van der Waals surface area contributed by atoms with Crippen LogP contribution >= 0.6 is 0 Å². The number of carboxylic acid groups (broad SMARTS) is 1. The summed E-state index contributed by atoms with van der Waals surface area (Å²) >= 11 is 0. The van der Waals surface area contributed by atoms with E-state index in [0.717, 1.165) is 0 Å². The standard InChI is InChI=1S/C22H27NO8S/c1-16(23(20(24)25)31-21(26)30-22(2,3)4)14-15-32(27,28)19-12-10-18(11-13-19)29-17-8-6-5-7-9-17/h5-13,16H,14-15H2,1-4H3,(H,24,25). The van der Waals surface area contributed by atoms with E-state index in [4.69, 9.17) is 14.3 Å². The monoisotopic (exact) mass is 465 g/mol. The number of benzene rings is 2. The number of para-hydroxylation sites is 1. The third-order valence-electron chi connectivity index (χ3n) is 4.12. The summed E-state index contributed by atoms with van der Waals surface area (Å²) < 4.78 is 35.9. The van der Waals surface area contributed by atoms with Gasteiger partial charge in [-0.3, -0.25) is 4.84 Å². The molecule has 1 atom stereocenters. The second-order valence-electron chi connectivity index (χ2n) is 8.01. The second kappa shape index (κ2) is 10.4. The molecule has 0 aliphatic carbocycles. The number of ether oxygens (including phenoxy) is 2. The number of nitrogens with zero attached hydrogens (tertiary/aromatic N) is 1. The Hall–Kier alpha value is -3.27. The van der Waals surface area contributed by atoms with Gasteiger partial charge >= 0.3 is 12.2 Å². The molecule has 0 radical (unpaired) electrons. The smallest absolute Gasteiger partial charge is 0.463 e. The molecule has 9 nitrogen and oxygen atoms in total. The van der Waals surface area contributed by atoms with E-state index >= 15 is 0 Å². The number of hydrogen-bond donors (Lipinski definition) is 1. The topological polar surface area (TPSA) is 119 Å². The molecule has 2 aromatic rings. The molecule has 0 aliphatic heterocycles. The maximum atomic E-state index is 12.7. The van der Waals surface area contributed by atoms with Gasteiger partial charge in [-0.1, -0.05) is 18.2 Å². The molecule has 32 heavy (non-hydrogen) atoms. The Labute approximate surface area is 187 Å². The first kappa shape index (κ1) is 25.0. The molecule has 10 heteroatoms. The summed E-state index contributed by atoms with van der Waals surface area (Å²) in [5, 5.41) is 9.71. The SMILES string of the molecule is CC(CCS(=O)(=O)c1ccc(Oc2ccccc2)cc1)N(OC(=O)OC(C)(C)C)C(=O)O. The van der Waals surface area contributed by atoms with E-state index in [1.54, 1.807) is 45.0 Å². The summed E-state index contributed by atoms with van der Waals surface area (Å²) in [7, 11) is -3.71. The van der Waals surface area contributed by atoms with Crippen LogP contribution in [0.25, 0.3) is 0 Å². The molecule has 1 unspecified atom stereocenters. The fourth-order valence-electron chi connectivity index (χ4n) is 2.57. The molecule has 0 spiro atoms. The summed E-state index contributed by atoms with van der Waals surface area (Å²) in [5.41, 5.74) is -0.871. The first-order chi connectivity index (χ1) is 14.9. The number of hydrogen-bond acceptors (Lipinski definition) is 7. The summed E-state index contributed by atoms with van der Waals surface area (Å²) in [4.78, 5) is 28.1. The molecule has 0 aliphatic rings. The van der Waals surface area contributed by atoms with Crippen molar-refractivity contribution in [2.24, 2.45) is 0 Å². The maximum Gasteiger partial charge on any atom is 0.534 e. The Morgan fingerprint density at radius 1 is 1.00 bits per heavy atom. The first-order valence-electron chi connectivity index (χ1n) is 9.86. The minimum absolute atomic E-state index is 0.0695. The lowest BCUT2D eigenvalue weighted by Gasteiger charge is -2.26. The normalized spacial score (nSPS) is 12.5. The molecule has 1 amide bonds. The Bertz CT molecular complexity index is 1010. The number of hydroxylamine groups is 2. The van der Waals surface area contributed by atoms with Crippen LogP contribution in [0.2, 0.25) is 0 Å². The van der Waals surface area contributed by atoms with Crippen molar-refractivity contribution in [2.75, 3.05) is 5.75 Å². The Kier molecular flexibility index (Phi) is 8.09. The van der Waals surface area contributed by atoms with E-state index in [2.05, 4.69) is 0 Å². The van der Waals surface area contributed by atoms with Crippen LogP contribution in [-0.4, -0.2) is 48.2 Å². The fraction of sp³-hybridized carbons (Fsp3) is 0.364. The molecule has 2 rings (SSSR count). The van der Waals surface area contributed by atoms with Crippen LogP contribution in [0.4, 0.5) is 9.59 Å². The molecule has 0 heterocycles. The number of carbonyl (C=O) groups excluding carboxylic acids is 1. The fourth-order valence-corrected chi connectivity index (χ4v) is 4.00. The van der Waals surface area contributed by atoms with Gasteiger partial charge in [-0.25, -0.2) is 18.0 Å². The van der Waals surface area contributed by atoms with Crippen LogP contribution in [0.15, 0.2) is 59.5 Å². The van der Waals surface area contributed by atoms with Crippen LogP contribution < -0.4 is 4.74 Å². The van der Waals surface area contributed by atoms with Crippen LogP contribution in [0.5, 0.6) is 11.5 Å². The quantitative estimate of drug-likeness (QED) is 0.454. The lowest BCUT2D eigenvalue weighted by Crippen LogP contribution is -2.41. The molecule has 2 aromatic carbocycles. The van der Waals surface area contributed by atoms with Gasteiger partial charge in [0.15, 0.2) is 9.84 Å². The zero-order valence-corrected chi connectivity index (χ0v) is 19.2. The highest BCUT2D eigenvalue weighted by Crippen LogP contribution is 2.23. The number of amides is 1. The van der Waals surface area contributed by atoms with Crippen LogP contribution in [0.1, 0.15) is 34.1 Å². The maximum absolute atomic E-state index is 12.7. The lowest BCUT2D eigenvalue weighted by molar-refractivity contribution is -0.139. The molecular formula is C22H27NO8S. The van der Waals surface area contributed by atoms with Gasteiger partial charge in [0.05, 0.1) is 16.7 Å². The van der Waals surface area contributed by atoms with Crippen LogP contribution in [0, 0.1) is 0 Å². The zero-order chi connectivity index (χ0) is 23.9. The van der Waals surface area contributed by atoms with Gasteiger partial charge in [0, 0.05) is 0 Å². The number of carbonyl (C=O) groups is 2. The van der Waals surface area contributed by atoms with Gasteiger partial charge in [0.1, 0.15) is 17.1 Å². The van der Waals surface area contributed by atoms with Gasteiger partial charge in [-0.15, -0.1) is 5.06 Å². The van der Waals surface area contributed by atoms with Crippen molar-refractivity contribution in [2.45, 2.75) is 50.7 Å². The van der Waals surface area contributed by atoms with Gasteiger partial charge < -0.3 is 14.6 Å². The van der Waals surface area contributed by atoms with E-state index in [9.17, 15) is 23.1 Å². The summed E-state index contributed by atoms with van der Waals surface area (Å²) in [5.74, 6) is 0.746. The van der Waals surface area contributed by atoms with E-state index in [1.807, 2.05) is 18.2 Å². The first-order valence-corrected chi connectivity index (χ1v) is 11.5.